The normalized spacial score (nSPS) is 10.8. The number of ether oxygens (including phenoxy) is 2. The van der Waals surface area contributed by atoms with Gasteiger partial charge in [-0.15, -0.1) is 0 Å². The molecule has 19 heavy (non-hydrogen) atoms. The molecule has 0 aromatic carbocycles. The van der Waals surface area contributed by atoms with Crippen LogP contribution in [0.3, 0.4) is 0 Å². The molecule has 0 spiro atoms. The Bertz CT molecular complexity index is 364. The minimum Gasteiger partial charge on any atom is -0.475 e. The van der Waals surface area contributed by atoms with Gasteiger partial charge in [-0.3, -0.25) is 0 Å². The van der Waals surface area contributed by atoms with Gasteiger partial charge >= 0.3 is 5.97 Å². The number of carbonyl (C=O) groups is 1. The van der Waals surface area contributed by atoms with Crippen LogP contribution in [0.2, 0.25) is 0 Å². The molecule has 6 heteroatoms. The summed E-state index contributed by atoms with van der Waals surface area (Å²) in [4.78, 5) is 10.6. The Morgan fingerprint density at radius 3 is 2.84 bits per heavy atom. The molecule has 108 valence electrons. The molecular formula is C13H21NO5. The molecular weight excluding hydrogens is 250 g/mol. The number of rotatable bonds is 11. The molecule has 0 atom stereocenters. The topological polar surface area (TPSA) is 80.9 Å². The smallest absolute Gasteiger partial charge is 0.371 e. The van der Waals surface area contributed by atoms with Crippen molar-refractivity contribution in [2.75, 3.05) is 33.5 Å². The van der Waals surface area contributed by atoms with Gasteiger partial charge in [0.2, 0.25) is 5.76 Å². The van der Waals surface area contributed by atoms with Crippen molar-refractivity contribution < 1.29 is 23.8 Å². The van der Waals surface area contributed by atoms with Gasteiger partial charge in [0.15, 0.2) is 0 Å². The zero-order valence-corrected chi connectivity index (χ0v) is 11.2. The Kier molecular flexibility index (Phi) is 7.88. The van der Waals surface area contributed by atoms with E-state index >= 15 is 0 Å². The lowest BCUT2D eigenvalue weighted by Crippen LogP contribution is -2.15. The molecule has 1 heterocycles. The Morgan fingerprint density at radius 2 is 2.16 bits per heavy atom. The van der Waals surface area contributed by atoms with E-state index in [1.165, 1.54) is 6.07 Å². The van der Waals surface area contributed by atoms with E-state index in [2.05, 4.69) is 5.32 Å². The van der Waals surface area contributed by atoms with Gasteiger partial charge in [-0.05, 0) is 31.5 Å². The van der Waals surface area contributed by atoms with Crippen LogP contribution in [0.1, 0.15) is 29.2 Å². The molecule has 0 saturated heterocycles. The fourth-order valence-corrected chi connectivity index (χ4v) is 1.50. The van der Waals surface area contributed by atoms with Crippen LogP contribution in [0.15, 0.2) is 16.5 Å². The molecule has 0 saturated carbocycles. The lowest BCUT2D eigenvalue weighted by atomic mass is 10.3. The molecule has 6 nitrogen and oxygen atoms in total. The third kappa shape index (κ3) is 6.95. The molecule has 0 aliphatic carbocycles. The first-order valence-corrected chi connectivity index (χ1v) is 6.33. The number of methoxy groups -OCH3 is 1. The maximum absolute atomic E-state index is 10.6. The second-order valence-electron chi connectivity index (χ2n) is 4.06. The van der Waals surface area contributed by atoms with Crippen molar-refractivity contribution in [2.45, 2.75) is 19.4 Å². The van der Waals surface area contributed by atoms with E-state index in [4.69, 9.17) is 19.0 Å². The fraction of sp³-hybridized carbons (Fsp3) is 0.615. The Morgan fingerprint density at radius 1 is 1.32 bits per heavy atom. The van der Waals surface area contributed by atoms with Crippen LogP contribution < -0.4 is 5.32 Å². The summed E-state index contributed by atoms with van der Waals surface area (Å²) in [6.07, 6.45) is 1.98. The third-order valence-corrected chi connectivity index (χ3v) is 2.50. The molecule has 0 unspecified atom stereocenters. The van der Waals surface area contributed by atoms with E-state index in [0.29, 0.717) is 25.5 Å². The van der Waals surface area contributed by atoms with Crippen LogP contribution in [-0.2, 0) is 16.0 Å². The summed E-state index contributed by atoms with van der Waals surface area (Å²) in [5.41, 5.74) is 0. The van der Waals surface area contributed by atoms with E-state index in [1.807, 2.05) is 0 Å². The predicted octanol–water partition coefficient (Wildman–Crippen LogP) is 1.51. The first-order chi connectivity index (χ1) is 9.24. The van der Waals surface area contributed by atoms with Crippen LogP contribution in [-0.4, -0.2) is 44.6 Å². The number of furan rings is 1. The van der Waals surface area contributed by atoms with Crippen LogP contribution >= 0.6 is 0 Å². The van der Waals surface area contributed by atoms with Crippen molar-refractivity contribution >= 4 is 5.97 Å². The lowest BCUT2D eigenvalue weighted by molar-refractivity contribution is 0.0660. The maximum Gasteiger partial charge on any atom is 0.371 e. The van der Waals surface area contributed by atoms with Crippen molar-refractivity contribution in [3.05, 3.63) is 23.7 Å². The van der Waals surface area contributed by atoms with Gasteiger partial charge in [-0.2, -0.15) is 0 Å². The Balaban J connectivity index is 1.97. The highest BCUT2D eigenvalue weighted by Crippen LogP contribution is 2.07. The molecule has 0 aliphatic rings. The molecule has 1 aromatic heterocycles. The van der Waals surface area contributed by atoms with E-state index in [0.717, 1.165) is 26.0 Å². The Hall–Kier alpha value is -1.37. The van der Waals surface area contributed by atoms with Gasteiger partial charge in [-0.25, -0.2) is 4.79 Å². The molecule has 0 amide bonds. The van der Waals surface area contributed by atoms with Crippen LogP contribution in [0.25, 0.3) is 0 Å². The van der Waals surface area contributed by atoms with Gasteiger partial charge in [0.05, 0.1) is 19.8 Å². The van der Waals surface area contributed by atoms with Crippen molar-refractivity contribution in [2.24, 2.45) is 0 Å². The second-order valence-corrected chi connectivity index (χ2v) is 4.06. The zero-order valence-electron chi connectivity index (χ0n) is 11.2. The first-order valence-electron chi connectivity index (χ1n) is 6.33. The maximum atomic E-state index is 10.6. The molecule has 0 bridgehead atoms. The number of carboxylic acids is 1. The van der Waals surface area contributed by atoms with Crippen molar-refractivity contribution in [3.63, 3.8) is 0 Å². The molecule has 0 fully saturated rings. The molecule has 1 rings (SSSR count). The van der Waals surface area contributed by atoms with Gasteiger partial charge in [0, 0.05) is 13.7 Å². The highest BCUT2D eigenvalue weighted by molar-refractivity contribution is 5.84. The zero-order chi connectivity index (χ0) is 13.9. The standard InChI is InChI=1S/C13H21NO5/c1-17-8-9-18-7-3-2-6-14-10-11-4-5-12(19-11)13(15)16/h4-5,14H,2-3,6-10H2,1H3,(H,15,16). The number of hydrogen-bond donors (Lipinski definition) is 2. The van der Waals surface area contributed by atoms with Crippen LogP contribution in [0, 0.1) is 0 Å². The van der Waals surface area contributed by atoms with Crippen LogP contribution in [0.5, 0.6) is 0 Å². The largest absolute Gasteiger partial charge is 0.475 e. The number of unbranched alkanes of at least 4 members (excludes halogenated alkanes) is 1. The summed E-state index contributed by atoms with van der Waals surface area (Å²) >= 11 is 0. The number of aromatic carboxylic acids is 1. The SMILES string of the molecule is COCCOCCCCNCc1ccc(C(=O)O)o1. The van der Waals surface area contributed by atoms with Gasteiger partial charge in [0.25, 0.3) is 0 Å². The molecule has 2 N–H and O–H groups in total. The van der Waals surface area contributed by atoms with Crippen molar-refractivity contribution in [1.29, 1.82) is 0 Å². The number of nitrogens with one attached hydrogen (secondary N) is 1. The van der Waals surface area contributed by atoms with Gasteiger partial charge in [-0.1, -0.05) is 0 Å². The minimum atomic E-state index is -1.04. The number of hydrogen-bond acceptors (Lipinski definition) is 5. The summed E-state index contributed by atoms with van der Waals surface area (Å²) in [5, 5.41) is 11.9. The third-order valence-electron chi connectivity index (χ3n) is 2.50. The summed E-state index contributed by atoms with van der Waals surface area (Å²) in [7, 11) is 1.65. The van der Waals surface area contributed by atoms with Crippen molar-refractivity contribution in [3.8, 4) is 0 Å². The Labute approximate surface area is 112 Å². The first kappa shape index (κ1) is 15.7. The van der Waals surface area contributed by atoms with E-state index < -0.39 is 5.97 Å². The van der Waals surface area contributed by atoms with Crippen molar-refractivity contribution in [1.82, 2.24) is 5.32 Å². The minimum absolute atomic E-state index is 0.0247. The lowest BCUT2D eigenvalue weighted by Gasteiger charge is -2.04. The van der Waals surface area contributed by atoms with E-state index in [9.17, 15) is 4.79 Å². The average Bonchev–Trinajstić information content (AvgIpc) is 2.86. The molecule has 1 aromatic rings. The molecule has 0 radical (unpaired) electrons. The van der Waals surface area contributed by atoms with Gasteiger partial charge < -0.3 is 24.3 Å². The summed E-state index contributed by atoms with van der Waals surface area (Å²) < 4.78 is 15.3. The molecule has 0 aliphatic heterocycles. The highest BCUT2D eigenvalue weighted by atomic mass is 16.5. The fourth-order valence-electron chi connectivity index (χ4n) is 1.50. The van der Waals surface area contributed by atoms with Crippen LogP contribution in [0.4, 0.5) is 0 Å². The van der Waals surface area contributed by atoms with Gasteiger partial charge in [0.1, 0.15) is 5.76 Å². The summed E-state index contributed by atoms with van der Waals surface area (Å²) in [6.45, 7) is 3.38. The quantitative estimate of drug-likeness (QED) is 0.594. The van der Waals surface area contributed by atoms with E-state index in [1.54, 1.807) is 13.2 Å². The summed E-state index contributed by atoms with van der Waals surface area (Å²) in [6, 6.07) is 3.13. The highest BCUT2D eigenvalue weighted by Gasteiger charge is 2.07. The van der Waals surface area contributed by atoms with E-state index in [-0.39, 0.29) is 5.76 Å². The second kappa shape index (κ2) is 9.55. The number of carboxylic acid groups (broad SMARTS) is 1. The summed E-state index contributed by atoms with van der Waals surface area (Å²) in [5.74, 6) is -0.434. The average molecular weight is 271 g/mol. The monoisotopic (exact) mass is 271 g/mol. The predicted molar refractivity (Wildman–Crippen MR) is 69.3 cm³/mol.